The van der Waals surface area contributed by atoms with Crippen molar-refractivity contribution in [3.05, 3.63) is 100 Å². The highest BCUT2D eigenvalue weighted by Gasteiger charge is 2.38. The fraction of sp³-hybridized carbons (Fsp3) is 0.463. The molecule has 2 atom stereocenters. The van der Waals surface area contributed by atoms with Gasteiger partial charge in [-0.3, -0.25) is 4.79 Å². The Labute approximate surface area is 301 Å². The molecule has 50 heavy (non-hydrogen) atoms. The number of aromatic nitrogens is 1. The van der Waals surface area contributed by atoms with Gasteiger partial charge in [-0.25, -0.2) is 4.79 Å². The highest BCUT2D eigenvalue weighted by molar-refractivity contribution is 6.30. The first kappa shape index (κ1) is 37.6. The molecule has 2 unspecified atom stereocenters. The Hall–Kier alpha value is -3.69. The predicted octanol–water partition coefficient (Wildman–Crippen LogP) is 8.12. The first-order valence-electron chi connectivity index (χ1n) is 18.2. The first-order valence-corrected chi connectivity index (χ1v) is 18.5. The minimum Gasteiger partial charge on any atom is -0.497 e. The van der Waals surface area contributed by atoms with Crippen LogP contribution in [-0.2, 0) is 9.53 Å². The Kier molecular flexibility index (Phi) is 14.3. The van der Waals surface area contributed by atoms with Crippen LogP contribution in [0.2, 0.25) is 5.02 Å². The van der Waals surface area contributed by atoms with Gasteiger partial charge in [0.1, 0.15) is 5.75 Å². The molecule has 1 aromatic heterocycles. The van der Waals surface area contributed by atoms with Crippen LogP contribution >= 0.6 is 11.6 Å². The van der Waals surface area contributed by atoms with Crippen LogP contribution in [0.15, 0.2) is 72.8 Å². The number of aliphatic hydroxyl groups excluding tert-OH is 1. The van der Waals surface area contributed by atoms with Crippen LogP contribution in [0.5, 0.6) is 5.75 Å². The molecule has 4 aromatic rings. The summed E-state index contributed by atoms with van der Waals surface area (Å²) in [6.45, 7) is 7.80. The smallest absolute Gasteiger partial charge is 0.345 e. The molecule has 0 spiro atoms. The van der Waals surface area contributed by atoms with E-state index < -0.39 is 17.9 Å². The zero-order valence-corrected chi connectivity index (χ0v) is 30.3. The van der Waals surface area contributed by atoms with Crippen molar-refractivity contribution in [2.24, 2.45) is 0 Å². The lowest BCUT2D eigenvalue weighted by Gasteiger charge is -2.38. The van der Waals surface area contributed by atoms with Crippen LogP contribution in [0.1, 0.15) is 90.4 Å². The highest BCUT2D eigenvalue weighted by Crippen LogP contribution is 2.41. The van der Waals surface area contributed by atoms with Crippen molar-refractivity contribution in [2.75, 3.05) is 53.0 Å². The van der Waals surface area contributed by atoms with E-state index in [0.29, 0.717) is 23.9 Å². The number of fused-ring (bicyclic) bond motifs is 1. The van der Waals surface area contributed by atoms with Gasteiger partial charge in [0, 0.05) is 66.9 Å². The number of nitrogens with one attached hydrogen (secondary N) is 1. The molecule has 1 aliphatic heterocycles. The highest BCUT2D eigenvalue weighted by atomic mass is 35.5. The van der Waals surface area contributed by atoms with E-state index in [1.165, 1.54) is 38.5 Å². The van der Waals surface area contributed by atoms with E-state index in [1.807, 2.05) is 43.3 Å². The number of aryl methyl sites for hydroxylation is 1. The van der Waals surface area contributed by atoms with Crippen molar-refractivity contribution in [2.45, 2.75) is 70.1 Å². The maximum atomic E-state index is 14.5. The van der Waals surface area contributed by atoms with Crippen LogP contribution in [0, 0.1) is 6.92 Å². The van der Waals surface area contributed by atoms with E-state index in [-0.39, 0.29) is 11.5 Å². The molecule has 0 amide bonds. The molecule has 3 aromatic carbocycles. The predicted molar refractivity (Wildman–Crippen MR) is 200 cm³/mol. The normalized spacial score (nSPS) is 15.2. The zero-order chi connectivity index (χ0) is 35.3. The number of unbranched alkanes of at least 4 members (excludes halogenated alkanes) is 7. The number of rotatable bonds is 18. The molecule has 0 radical (unpaired) electrons. The van der Waals surface area contributed by atoms with E-state index in [0.717, 1.165) is 73.3 Å². The summed E-state index contributed by atoms with van der Waals surface area (Å²) < 4.78 is 11.3. The molecule has 0 saturated carbocycles. The van der Waals surface area contributed by atoms with Crippen molar-refractivity contribution < 1.29 is 24.2 Å². The van der Waals surface area contributed by atoms with Gasteiger partial charge in [-0.15, -0.1) is 0 Å². The Morgan fingerprint density at radius 1 is 0.840 bits per heavy atom. The van der Waals surface area contributed by atoms with Crippen LogP contribution < -0.4 is 4.74 Å². The number of H-pyrrole nitrogens is 1. The number of aliphatic hydroxyl groups is 1. The first-order chi connectivity index (χ1) is 24.4. The average molecular weight is 702 g/mol. The van der Waals surface area contributed by atoms with Gasteiger partial charge in [0.2, 0.25) is 0 Å². The van der Waals surface area contributed by atoms with Gasteiger partial charge >= 0.3 is 11.9 Å². The summed E-state index contributed by atoms with van der Waals surface area (Å²) in [6, 6.07) is 22.3. The van der Waals surface area contributed by atoms with Gasteiger partial charge in [-0.05, 0) is 79.9 Å². The van der Waals surface area contributed by atoms with E-state index in [2.05, 4.69) is 26.9 Å². The second kappa shape index (κ2) is 19.1. The van der Waals surface area contributed by atoms with Crippen LogP contribution in [0.4, 0.5) is 0 Å². The Morgan fingerprint density at radius 2 is 1.48 bits per heavy atom. The fourth-order valence-electron chi connectivity index (χ4n) is 7.22. The number of halogens is 1. The zero-order valence-electron chi connectivity index (χ0n) is 29.5. The van der Waals surface area contributed by atoms with Crippen LogP contribution in [-0.4, -0.2) is 84.8 Å². The second-order valence-electron chi connectivity index (χ2n) is 13.5. The second-order valence-corrected chi connectivity index (χ2v) is 13.9. The topological polar surface area (TPSA) is 95.1 Å². The third kappa shape index (κ3) is 10.2. The molecule has 9 heteroatoms. The molecule has 1 saturated heterocycles. The summed E-state index contributed by atoms with van der Waals surface area (Å²) in [5, 5.41) is 10.3. The van der Waals surface area contributed by atoms with Gasteiger partial charge in [0.15, 0.2) is 0 Å². The summed E-state index contributed by atoms with van der Waals surface area (Å²) in [4.78, 5) is 36.3. The van der Waals surface area contributed by atoms with Crippen molar-refractivity contribution in [3.8, 4) is 5.75 Å². The number of aromatic amines is 1. The number of nitrogens with zero attached hydrogens (tertiary/aromatic N) is 2. The molecule has 2 heterocycles. The van der Waals surface area contributed by atoms with Gasteiger partial charge in [0.25, 0.3) is 0 Å². The molecule has 0 bridgehead atoms. The monoisotopic (exact) mass is 701 g/mol. The Balaban J connectivity index is 1.34. The van der Waals surface area contributed by atoms with E-state index >= 15 is 0 Å². The number of esters is 2. The SMILES string of the molecule is COc1ccc2[nH]c(C)c(C(C(=O)OC(=O)c3ccc(Cl)cc3)C(CN3CCN(CCCCCCCCCCO)CC3)c3ccccc3)c2c1. The van der Waals surface area contributed by atoms with E-state index in [1.54, 1.807) is 31.4 Å². The number of carbonyl (C=O) groups excluding carboxylic acids is 2. The van der Waals surface area contributed by atoms with Crippen molar-refractivity contribution in [1.82, 2.24) is 14.8 Å². The quantitative estimate of drug-likeness (QED) is 0.0615. The summed E-state index contributed by atoms with van der Waals surface area (Å²) in [7, 11) is 1.63. The Morgan fingerprint density at radius 3 is 2.14 bits per heavy atom. The van der Waals surface area contributed by atoms with Crippen molar-refractivity contribution in [1.29, 1.82) is 0 Å². The molecular formula is C41H52ClN3O5. The molecule has 1 fully saturated rings. The van der Waals surface area contributed by atoms with Crippen LogP contribution in [0.25, 0.3) is 10.9 Å². The molecule has 2 N–H and O–H groups in total. The maximum Gasteiger partial charge on any atom is 0.345 e. The number of hydrogen-bond donors (Lipinski definition) is 2. The van der Waals surface area contributed by atoms with Gasteiger partial charge in [-0.2, -0.15) is 0 Å². The average Bonchev–Trinajstić information content (AvgIpc) is 3.46. The lowest BCUT2D eigenvalue weighted by atomic mass is 9.79. The number of carbonyl (C=O) groups is 2. The Bertz CT molecular complexity index is 1650. The number of piperazine rings is 1. The summed E-state index contributed by atoms with van der Waals surface area (Å²) in [5.41, 5.74) is 3.84. The molecule has 0 aliphatic carbocycles. The standard InChI is InChI=1S/C41H52ClN3O5/c1-30-38(35-28-34(49-2)20-21-37(35)43-30)39(41(48)50-40(47)32-16-18-33(42)19-17-32)36(31-14-10-9-11-15-31)29-45-25-23-44(24-26-45)22-12-7-5-3-4-6-8-13-27-46/h9-11,14-21,28,36,39,43,46H,3-8,12-13,22-27,29H2,1-2H3. The molecule has 268 valence electrons. The number of methoxy groups -OCH3 is 1. The molecule has 1 aliphatic rings. The van der Waals surface area contributed by atoms with E-state index in [9.17, 15) is 9.59 Å². The van der Waals surface area contributed by atoms with Crippen molar-refractivity contribution in [3.63, 3.8) is 0 Å². The summed E-state index contributed by atoms with van der Waals surface area (Å²) in [5.74, 6) is -1.65. The molecule has 8 nitrogen and oxygen atoms in total. The number of benzene rings is 3. The lowest BCUT2D eigenvalue weighted by molar-refractivity contribution is -0.140. The minimum absolute atomic E-state index is 0.268. The van der Waals surface area contributed by atoms with Gasteiger partial charge in [0.05, 0.1) is 18.6 Å². The van der Waals surface area contributed by atoms with E-state index in [4.69, 9.17) is 26.2 Å². The molecular weight excluding hydrogens is 650 g/mol. The minimum atomic E-state index is -0.767. The lowest BCUT2D eigenvalue weighted by Crippen LogP contribution is -2.48. The van der Waals surface area contributed by atoms with Gasteiger partial charge in [-0.1, -0.05) is 80.5 Å². The summed E-state index contributed by atoms with van der Waals surface area (Å²) in [6.07, 6.45) is 9.54. The summed E-state index contributed by atoms with van der Waals surface area (Å²) >= 11 is 6.06. The van der Waals surface area contributed by atoms with Gasteiger partial charge < -0.3 is 29.4 Å². The largest absolute Gasteiger partial charge is 0.497 e. The maximum absolute atomic E-state index is 14.5. The number of hydrogen-bond acceptors (Lipinski definition) is 7. The van der Waals surface area contributed by atoms with Crippen molar-refractivity contribution >= 4 is 34.4 Å². The number of ether oxygens (including phenoxy) is 2. The third-order valence-electron chi connectivity index (χ3n) is 10.0. The fourth-order valence-corrected chi connectivity index (χ4v) is 7.35. The van der Waals surface area contributed by atoms with Crippen LogP contribution in [0.3, 0.4) is 0 Å². The molecule has 5 rings (SSSR count). The third-order valence-corrected chi connectivity index (χ3v) is 10.3.